The predicted molar refractivity (Wildman–Crippen MR) is 52.5 cm³/mol. The Labute approximate surface area is 83.6 Å². The lowest BCUT2D eigenvalue weighted by atomic mass is 10.2. The largest absolute Gasteiger partial charge is 0.465 e. The summed E-state index contributed by atoms with van der Waals surface area (Å²) in [6.07, 6.45) is 1.07. The third-order valence-corrected chi connectivity index (χ3v) is 2.44. The zero-order valence-corrected chi connectivity index (χ0v) is 8.40. The van der Waals surface area contributed by atoms with Crippen molar-refractivity contribution < 1.29 is 9.25 Å². The van der Waals surface area contributed by atoms with Crippen LogP contribution in [0.3, 0.4) is 0 Å². The Hall–Kier alpha value is -0.840. The minimum absolute atomic E-state index is 0.0613. The molecule has 1 aromatic heterocycles. The zero-order valence-electron chi connectivity index (χ0n) is 8.40. The third-order valence-electron chi connectivity index (χ3n) is 2.44. The van der Waals surface area contributed by atoms with Crippen molar-refractivity contribution in [2.24, 2.45) is 5.73 Å². The number of hydrogen-bond donors (Lipinski definition) is 1. The summed E-state index contributed by atoms with van der Waals surface area (Å²) in [7, 11) is 0. The molecule has 4 nitrogen and oxygen atoms in total. The van der Waals surface area contributed by atoms with E-state index in [1.165, 1.54) is 0 Å². The van der Waals surface area contributed by atoms with Gasteiger partial charge in [-0.05, 0) is 25.5 Å². The Morgan fingerprint density at radius 1 is 1.57 bits per heavy atom. The van der Waals surface area contributed by atoms with Gasteiger partial charge in [-0.3, -0.25) is 4.84 Å². The molecule has 4 heteroatoms. The second-order valence-electron chi connectivity index (χ2n) is 3.53. The molecule has 0 aromatic carbocycles. The van der Waals surface area contributed by atoms with Crippen LogP contribution in [0, 0.1) is 6.92 Å². The molecule has 2 N–H and O–H groups in total. The van der Waals surface area contributed by atoms with Gasteiger partial charge >= 0.3 is 0 Å². The van der Waals surface area contributed by atoms with Gasteiger partial charge in [0.05, 0.1) is 6.61 Å². The highest BCUT2D eigenvalue weighted by Gasteiger charge is 2.25. The molecule has 1 saturated heterocycles. The molecule has 0 amide bonds. The van der Waals surface area contributed by atoms with Crippen LogP contribution in [0.15, 0.2) is 16.5 Å². The van der Waals surface area contributed by atoms with Gasteiger partial charge in [0, 0.05) is 13.1 Å². The Bertz CT molecular complexity index is 292. The van der Waals surface area contributed by atoms with Crippen LogP contribution in [0.5, 0.6) is 0 Å². The number of aryl methyl sites for hydroxylation is 1. The quantitative estimate of drug-likeness (QED) is 0.789. The average molecular weight is 196 g/mol. The van der Waals surface area contributed by atoms with E-state index in [9.17, 15) is 0 Å². The molecular formula is C10H16N2O2. The van der Waals surface area contributed by atoms with Crippen molar-refractivity contribution in [3.05, 3.63) is 23.7 Å². The first kappa shape index (κ1) is 9.71. The molecule has 1 aromatic rings. The van der Waals surface area contributed by atoms with Gasteiger partial charge in [-0.2, -0.15) is 5.06 Å². The van der Waals surface area contributed by atoms with E-state index in [-0.39, 0.29) is 6.04 Å². The highest BCUT2D eigenvalue weighted by Crippen LogP contribution is 2.24. The number of hydroxylamine groups is 2. The molecule has 1 unspecified atom stereocenters. The summed E-state index contributed by atoms with van der Waals surface area (Å²) >= 11 is 0. The predicted octanol–water partition coefficient (Wildman–Crippen LogP) is 1.23. The average Bonchev–Trinajstić information content (AvgIpc) is 2.79. The van der Waals surface area contributed by atoms with Crippen LogP contribution in [0.2, 0.25) is 0 Å². The number of rotatable bonds is 3. The topological polar surface area (TPSA) is 51.6 Å². The van der Waals surface area contributed by atoms with Crippen molar-refractivity contribution in [1.29, 1.82) is 0 Å². The molecule has 0 saturated carbocycles. The van der Waals surface area contributed by atoms with Gasteiger partial charge in [0.25, 0.3) is 0 Å². The number of nitrogens with two attached hydrogens (primary N) is 1. The summed E-state index contributed by atoms with van der Waals surface area (Å²) < 4.78 is 5.55. The van der Waals surface area contributed by atoms with Gasteiger partial charge in [-0.25, -0.2) is 0 Å². The summed E-state index contributed by atoms with van der Waals surface area (Å²) in [5.74, 6) is 1.81. The van der Waals surface area contributed by atoms with Crippen molar-refractivity contribution in [1.82, 2.24) is 5.06 Å². The van der Waals surface area contributed by atoms with E-state index in [0.717, 1.165) is 31.1 Å². The van der Waals surface area contributed by atoms with Crippen molar-refractivity contribution in [3.8, 4) is 0 Å². The fraction of sp³-hybridized carbons (Fsp3) is 0.600. The number of nitrogens with zero attached hydrogens (tertiary/aromatic N) is 1. The molecule has 78 valence electrons. The Kier molecular flexibility index (Phi) is 2.86. The zero-order chi connectivity index (χ0) is 9.97. The first-order chi connectivity index (χ1) is 6.81. The monoisotopic (exact) mass is 196 g/mol. The fourth-order valence-electron chi connectivity index (χ4n) is 1.72. The molecule has 1 aliphatic heterocycles. The maximum absolute atomic E-state index is 5.71. The first-order valence-electron chi connectivity index (χ1n) is 4.97. The highest BCUT2D eigenvalue weighted by molar-refractivity contribution is 5.10. The summed E-state index contributed by atoms with van der Waals surface area (Å²) in [6, 6.07) is 3.98. The Morgan fingerprint density at radius 2 is 2.43 bits per heavy atom. The van der Waals surface area contributed by atoms with E-state index in [1.807, 2.05) is 24.1 Å². The minimum Gasteiger partial charge on any atom is -0.465 e. The van der Waals surface area contributed by atoms with E-state index in [2.05, 4.69) is 0 Å². The molecule has 2 rings (SSSR count). The van der Waals surface area contributed by atoms with Crippen LogP contribution in [0.1, 0.15) is 24.0 Å². The second kappa shape index (κ2) is 4.13. The lowest BCUT2D eigenvalue weighted by Crippen LogP contribution is -2.30. The summed E-state index contributed by atoms with van der Waals surface area (Å²) in [4.78, 5) is 5.46. The number of furan rings is 1. The Balaban J connectivity index is 2.12. The smallest absolute Gasteiger partial charge is 0.124 e. The molecule has 2 heterocycles. The van der Waals surface area contributed by atoms with Crippen molar-refractivity contribution in [2.45, 2.75) is 19.4 Å². The standard InChI is InChI=1S/C10H16N2O2/c1-8-3-4-10(14-8)9(7-11)12-5-2-6-13-12/h3-4,9H,2,5-7,11H2,1H3. The summed E-state index contributed by atoms with van der Waals surface area (Å²) in [5, 5.41) is 1.91. The summed E-state index contributed by atoms with van der Waals surface area (Å²) in [6.45, 7) is 4.17. The van der Waals surface area contributed by atoms with Crippen LogP contribution >= 0.6 is 0 Å². The van der Waals surface area contributed by atoms with E-state index in [4.69, 9.17) is 15.0 Å². The molecule has 0 radical (unpaired) electrons. The summed E-state index contributed by atoms with van der Waals surface area (Å²) in [5.41, 5.74) is 5.71. The lowest BCUT2D eigenvalue weighted by molar-refractivity contribution is -0.144. The normalized spacial score (nSPS) is 20.1. The fourth-order valence-corrected chi connectivity index (χ4v) is 1.72. The van der Waals surface area contributed by atoms with E-state index in [1.54, 1.807) is 0 Å². The maximum atomic E-state index is 5.71. The SMILES string of the molecule is Cc1ccc(C(CN)N2CCCO2)o1. The Morgan fingerprint density at radius 3 is 2.93 bits per heavy atom. The van der Waals surface area contributed by atoms with Gasteiger partial charge in [0.15, 0.2) is 0 Å². The van der Waals surface area contributed by atoms with Crippen LogP contribution < -0.4 is 5.73 Å². The van der Waals surface area contributed by atoms with E-state index in [0.29, 0.717) is 6.54 Å². The van der Waals surface area contributed by atoms with Crippen LogP contribution in [-0.4, -0.2) is 24.8 Å². The van der Waals surface area contributed by atoms with Crippen molar-refractivity contribution >= 4 is 0 Å². The molecule has 1 fully saturated rings. The molecule has 0 bridgehead atoms. The minimum atomic E-state index is 0.0613. The van der Waals surface area contributed by atoms with Gasteiger partial charge in [0.1, 0.15) is 17.6 Å². The highest BCUT2D eigenvalue weighted by atomic mass is 16.7. The van der Waals surface area contributed by atoms with Crippen molar-refractivity contribution in [3.63, 3.8) is 0 Å². The molecule has 1 atom stereocenters. The van der Waals surface area contributed by atoms with Crippen LogP contribution in [0.4, 0.5) is 0 Å². The van der Waals surface area contributed by atoms with Crippen molar-refractivity contribution in [2.75, 3.05) is 19.7 Å². The van der Waals surface area contributed by atoms with E-state index >= 15 is 0 Å². The van der Waals surface area contributed by atoms with Crippen LogP contribution in [0.25, 0.3) is 0 Å². The van der Waals surface area contributed by atoms with Crippen LogP contribution in [-0.2, 0) is 4.84 Å². The van der Waals surface area contributed by atoms with Gasteiger partial charge in [-0.1, -0.05) is 0 Å². The number of hydrogen-bond acceptors (Lipinski definition) is 4. The second-order valence-corrected chi connectivity index (χ2v) is 3.53. The third kappa shape index (κ3) is 1.82. The lowest BCUT2D eigenvalue weighted by Gasteiger charge is -2.22. The molecular weight excluding hydrogens is 180 g/mol. The van der Waals surface area contributed by atoms with Gasteiger partial charge in [-0.15, -0.1) is 0 Å². The molecule has 0 spiro atoms. The molecule has 14 heavy (non-hydrogen) atoms. The maximum Gasteiger partial charge on any atom is 0.124 e. The van der Waals surface area contributed by atoms with Gasteiger partial charge < -0.3 is 10.2 Å². The van der Waals surface area contributed by atoms with E-state index < -0.39 is 0 Å². The first-order valence-corrected chi connectivity index (χ1v) is 4.97. The molecule has 0 aliphatic carbocycles. The molecule has 1 aliphatic rings. The van der Waals surface area contributed by atoms with Gasteiger partial charge in [0.2, 0.25) is 0 Å².